The normalized spacial score (nSPS) is 14.2. The van der Waals surface area contributed by atoms with Gasteiger partial charge in [-0.15, -0.1) is 0 Å². The van der Waals surface area contributed by atoms with Gasteiger partial charge in [-0.3, -0.25) is 4.79 Å². The van der Waals surface area contributed by atoms with Crippen molar-refractivity contribution in [2.45, 2.75) is 77.7 Å². The molecule has 0 saturated heterocycles. The van der Waals surface area contributed by atoms with Crippen molar-refractivity contribution < 1.29 is 14.3 Å². The van der Waals surface area contributed by atoms with Crippen LogP contribution >= 0.6 is 0 Å². The molecule has 32 heavy (non-hydrogen) atoms. The number of ether oxygens (including phenoxy) is 2. The maximum absolute atomic E-state index is 13.3. The third-order valence-electron chi connectivity index (χ3n) is 6.03. The number of para-hydroxylation sites is 1. The maximum Gasteiger partial charge on any atom is 0.224 e. The van der Waals surface area contributed by atoms with Gasteiger partial charge in [0.1, 0.15) is 13.2 Å². The number of nitrogens with two attached hydrogens (primary N) is 1. The molecule has 0 fully saturated rings. The summed E-state index contributed by atoms with van der Waals surface area (Å²) in [5, 5.41) is 3.20. The Bertz CT molecular complexity index is 918. The van der Waals surface area contributed by atoms with Crippen LogP contribution < -0.4 is 20.5 Å². The van der Waals surface area contributed by atoms with E-state index in [4.69, 9.17) is 15.2 Å². The lowest BCUT2D eigenvalue weighted by molar-refractivity contribution is -0.116. The van der Waals surface area contributed by atoms with Gasteiger partial charge in [0.15, 0.2) is 11.5 Å². The number of hydrogen-bond acceptors (Lipinski definition) is 4. The fraction of sp³-hybridized carbons (Fsp3) is 0.519. The summed E-state index contributed by atoms with van der Waals surface area (Å²) in [6.45, 7) is 10.2. The van der Waals surface area contributed by atoms with E-state index in [1.165, 1.54) is 0 Å². The van der Waals surface area contributed by atoms with E-state index in [9.17, 15) is 4.79 Å². The van der Waals surface area contributed by atoms with E-state index < -0.39 is 0 Å². The van der Waals surface area contributed by atoms with Crippen LogP contribution in [0.25, 0.3) is 0 Å². The van der Waals surface area contributed by atoms with Crippen molar-refractivity contribution in [3.63, 3.8) is 0 Å². The van der Waals surface area contributed by atoms with Crippen LogP contribution in [0.15, 0.2) is 36.4 Å². The molecule has 0 bridgehead atoms. The number of amides is 1. The highest BCUT2D eigenvalue weighted by atomic mass is 16.6. The Balaban J connectivity index is 1.84. The summed E-state index contributed by atoms with van der Waals surface area (Å²) < 4.78 is 11.7. The highest BCUT2D eigenvalue weighted by Gasteiger charge is 2.25. The third-order valence-corrected chi connectivity index (χ3v) is 6.03. The molecule has 1 heterocycles. The predicted molar refractivity (Wildman–Crippen MR) is 131 cm³/mol. The summed E-state index contributed by atoms with van der Waals surface area (Å²) in [7, 11) is 0. The first-order valence-corrected chi connectivity index (χ1v) is 11.8. The molecule has 0 saturated carbocycles. The monoisotopic (exact) mass is 438 g/mol. The SMILES string of the molecule is CCCCCC(CC(=O)Nc1cc(CN)ccc1C(C)(C)C)c1cccc2c1OCCO2. The summed E-state index contributed by atoms with van der Waals surface area (Å²) in [6.07, 6.45) is 4.72. The molecule has 1 atom stereocenters. The Kier molecular flexibility index (Phi) is 8.19. The molecule has 1 aliphatic heterocycles. The van der Waals surface area contributed by atoms with Gasteiger partial charge in [0.2, 0.25) is 5.91 Å². The predicted octanol–water partition coefficient (Wildman–Crippen LogP) is 5.91. The van der Waals surface area contributed by atoms with Crippen LogP contribution in [0, 0.1) is 0 Å². The molecule has 0 aromatic heterocycles. The molecular weight excluding hydrogens is 400 g/mol. The second kappa shape index (κ2) is 10.9. The molecule has 3 rings (SSSR count). The van der Waals surface area contributed by atoms with Crippen molar-refractivity contribution >= 4 is 11.6 Å². The van der Waals surface area contributed by atoms with Gasteiger partial charge < -0.3 is 20.5 Å². The third kappa shape index (κ3) is 6.04. The van der Waals surface area contributed by atoms with Crippen LogP contribution in [0.3, 0.4) is 0 Å². The average Bonchev–Trinajstić information content (AvgIpc) is 2.77. The van der Waals surface area contributed by atoms with E-state index in [1.807, 2.05) is 24.3 Å². The van der Waals surface area contributed by atoms with Crippen molar-refractivity contribution in [3.8, 4) is 11.5 Å². The second-order valence-corrected chi connectivity index (χ2v) is 9.65. The number of fused-ring (bicyclic) bond motifs is 1. The van der Waals surface area contributed by atoms with Crippen molar-refractivity contribution in [1.29, 1.82) is 0 Å². The number of benzene rings is 2. The van der Waals surface area contributed by atoms with Crippen molar-refractivity contribution in [3.05, 3.63) is 53.1 Å². The number of carbonyl (C=O) groups is 1. The van der Waals surface area contributed by atoms with E-state index in [1.54, 1.807) is 0 Å². The van der Waals surface area contributed by atoms with E-state index in [0.717, 1.165) is 59.6 Å². The molecule has 5 nitrogen and oxygen atoms in total. The molecule has 1 aliphatic rings. The molecule has 0 spiro atoms. The Morgan fingerprint density at radius 1 is 1.12 bits per heavy atom. The molecule has 0 radical (unpaired) electrons. The van der Waals surface area contributed by atoms with Gasteiger partial charge in [0.25, 0.3) is 0 Å². The molecule has 5 heteroatoms. The number of unbranched alkanes of at least 4 members (excludes halogenated alkanes) is 2. The topological polar surface area (TPSA) is 73.6 Å². The van der Waals surface area contributed by atoms with Crippen molar-refractivity contribution in [2.75, 3.05) is 18.5 Å². The maximum atomic E-state index is 13.3. The zero-order chi connectivity index (χ0) is 23.1. The Labute approximate surface area is 192 Å². The lowest BCUT2D eigenvalue weighted by atomic mass is 9.85. The first-order valence-electron chi connectivity index (χ1n) is 11.8. The van der Waals surface area contributed by atoms with Gasteiger partial charge in [-0.25, -0.2) is 0 Å². The fourth-order valence-electron chi connectivity index (χ4n) is 4.33. The van der Waals surface area contributed by atoms with Gasteiger partial charge in [-0.1, -0.05) is 71.2 Å². The van der Waals surface area contributed by atoms with Gasteiger partial charge >= 0.3 is 0 Å². The standard InChI is InChI=1S/C27H38N2O3/c1-5-6-7-9-20(21-10-8-11-24-26(21)32-15-14-31-24)17-25(30)29-23-16-19(18-28)12-13-22(23)27(2,3)4/h8,10-13,16,20H,5-7,9,14-15,17-18,28H2,1-4H3,(H,29,30). The fourth-order valence-corrected chi connectivity index (χ4v) is 4.33. The Morgan fingerprint density at radius 2 is 1.91 bits per heavy atom. The smallest absolute Gasteiger partial charge is 0.224 e. The van der Waals surface area contributed by atoms with Crippen LogP contribution in [-0.2, 0) is 16.8 Å². The van der Waals surface area contributed by atoms with Crippen molar-refractivity contribution in [1.82, 2.24) is 0 Å². The molecule has 2 aromatic rings. The highest BCUT2D eigenvalue weighted by Crippen LogP contribution is 2.41. The minimum Gasteiger partial charge on any atom is -0.486 e. The van der Waals surface area contributed by atoms with Gasteiger partial charge in [0, 0.05) is 24.2 Å². The molecular formula is C27H38N2O3. The van der Waals surface area contributed by atoms with E-state index in [0.29, 0.717) is 26.2 Å². The first-order chi connectivity index (χ1) is 15.3. The van der Waals surface area contributed by atoms with Crippen LogP contribution in [-0.4, -0.2) is 19.1 Å². The molecule has 0 aliphatic carbocycles. The molecule has 3 N–H and O–H groups in total. The van der Waals surface area contributed by atoms with Crippen LogP contribution in [0.1, 0.15) is 82.4 Å². The van der Waals surface area contributed by atoms with Crippen LogP contribution in [0.2, 0.25) is 0 Å². The Hall–Kier alpha value is -2.53. The largest absolute Gasteiger partial charge is 0.486 e. The average molecular weight is 439 g/mol. The van der Waals surface area contributed by atoms with Crippen LogP contribution in [0.4, 0.5) is 5.69 Å². The summed E-state index contributed by atoms with van der Waals surface area (Å²) in [5.74, 6) is 1.67. The number of carbonyl (C=O) groups excluding carboxylic acids is 1. The van der Waals surface area contributed by atoms with Gasteiger partial charge in [-0.2, -0.15) is 0 Å². The number of anilines is 1. The molecule has 1 amide bonds. The van der Waals surface area contributed by atoms with E-state index >= 15 is 0 Å². The lowest BCUT2D eigenvalue weighted by Gasteiger charge is -2.26. The molecule has 174 valence electrons. The molecule has 1 unspecified atom stereocenters. The second-order valence-electron chi connectivity index (χ2n) is 9.65. The number of hydrogen-bond donors (Lipinski definition) is 2. The van der Waals surface area contributed by atoms with E-state index in [-0.39, 0.29) is 17.2 Å². The minimum atomic E-state index is -0.0834. The summed E-state index contributed by atoms with van der Waals surface area (Å²) in [5.41, 5.74) is 9.82. The number of nitrogens with one attached hydrogen (secondary N) is 1. The van der Waals surface area contributed by atoms with Crippen LogP contribution in [0.5, 0.6) is 11.5 Å². The van der Waals surface area contributed by atoms with E-state index in [2.05, 4.69) is 45.1 Å². The first kappa shape index (κ1) is 24.1. The Morgan fingerprint density at radius 3 is 2.62 bits per heavy atom. The quantitative estimate of drug-likeness (QED) is 0.478. The minimum absolute atomic E-state index is 0.0144. The van der Waals surface area contributed by atoms with Gasteiger partial charge in [-0.05, 0) is 41.0 Å². The zero-order valence-electron chi connectivity index (χ0n) is 20.0. The highest BCUT2D eigenvalue weighted by molar-refractivity contribution is 5.92. The summed E-state index contributed by atoms with van der Waals surface area (Å²) in [4.78, 5) is 13.3. The van der Waals surface area contributed by atoms with Gasteiger partial charge in [0.05, 0.1) is 0 Å². The molecule has 2 aromatic carbocycles. The lowest BCUT2D eigenvalue weighted by Crippen LogP contribution is -2.22. The summed E-state index contributed by atoms with van der Waals surface area (Å²) >= 11 is 0. The van der Waals surface area contributed by atoms with Crippen molar-refractivity contribution in [2.24, 2.45) is 5.73 Å². The number of rotatable bonds is 9. The summed E-state index contributed by atoms with van der Waals surface area (Å²) in [6, 6.07) is 12.1. The zero-order valence-corrected chi connectivity index (χ0v) is 20.0.